The molecule has 7 heteroatoms. The fraction of sp³-hybridized carbons (Fsp3) is 0.0556. The van der Waals surface area contributed by atoms with Gasteiger partial charge in [-0.05, 0) is 31.2 Å². The molecular weight excluding hydrogens is 354 g/mol. The number of halogens is 1. The molecule has 124 valence electrons. The number of aromatic amines is 1. The van der Waals surface area contributed by atoms with E-state index in [1.54, 1.807) is 0 Å². The molecule has 0 saturated carbocycles. The van der Waals surface area contributed by atoms with Crippen LogP contribution < -0.4 is 5.32 Å². The summed E-state index contributed by atoms with van der Waals surface area (Å²) in [6.07, 6.45) is 0. The molecule has 0 amide bonds. The number of nitrogens with zero attached hydrogens (tertiary/aromatic N) is 3. The van der Waals surface area contributed by atoms with E-state index in [1.165, 1.54) is 0 Å². The molecule has 4 aromatic rings. The van der Waals surface area contributed by atoms with E-state index in [0.717, 1.165) is 22.0 Å². The predicted octanol–water partition coefficient (Wildman–Crippen LogP) is 5.01. The summed E-state index contributed by atoms with van der Waals surface area (Å²) in [7, 11) is 0. The van der Waals surface area contributed by atoms with Crippen LogP contribution in [0, 0.1) is 6.92 Å². The molecule has 2 N–H and O–H groups in total. The highest BCUT2D eigenvalue weighted by Gasteiger charge is 2.14. The molecule has 0 aliphatic carbocycles. The minimum atomic E-state index is 0.517. The number of fused-ring (bicyclic) bond motifs is 1. The van der Waals surface area contributed by atoms with Crippen molar-refractivity contribution in [2.45, 2.75) is 11.9 Å². The topological polar surface area (TPSA) is 66.5 Å². The molecule has 0 fully saturated rings. The van der Waals surface area contributed by atoms with Gasteiger partial charge in [-0.1, -0.05) is 35.9 Å². The number of nitrogens with one attached hydrogen (secondary N) is 2. The Morgan fingerprint density at radius 1 is 1.00 bits per heavy atom. The number of H-pyrrole nitrogens is 1. The van der Waals surface area contributed by atoms with Crippen LogP contribution in [0.2, 0.25) is 5.02 Å². The number of aromatic nitrogens is 4. The third kappa shape index (κ3) is 2.94. The lowest BCUT2D eigenvalue weighted by atomic mass is 10.2. The first-order valence-corrected chi connectivity index (χ1v) is 8.48. The van der Waals surface area contributed by atoms with E-state index in [1.807, 2.05) is 55.5 Å². The third-order valence-corrected chi connectivity index (χ3v) is 4.71. The molecule has 2 aromatic heterocycles. The Morgan fingerprint density at radius 3 is 2.60 bits per heavy atom. The maximum Gasteiger partial charge on any atom is 0.164 e. The summed E-state index contributed by atoms with van der Waals surface area (Å²) >= 11 is 10.8. The molecule has 4 rings (SSSR count). The molecule has 25 heavy (non-hydrogen) atoms. The van der Waals surface area contributed by atoms with Gasteiger partial charge in [0, 0.05) is 16.5 Å². The van der Waals surface area contributed by atoms with Gasteiger partial charge < -0.3 is 5.32 Å². The number of benzene rings is 2. The Hall–Kier alpha value is -2.57. The maximum atomic E-state index is 6.28. The highest BCUT2D eigenvalue weighted by Crippen LogP contribution is 2.31. The van der Waals surface area contributed by atoms with Gasteiger partial charge in [-0.25, -0.2) is 9.97 Å². The van der Waals surface area contributed by atoms with Crippen LogP contribution >= 0.6 is 24.2 Å². The van der Waals surface area contributed by atoms with E-state index >= 15 is 0 Å². The largest absolute Gasteiger partial charge is 0.323 e. The lowest BCUT2D eigenvalue weighted by molar-refractivity contribution is 1.02. The van der Waals surface area contributed by atoms with Crippen molar-refractivity contribution in [3.63, 3.8) is 0 Å². The number of hydrogen-bond acceptors (Lipinski definition) is 5. The third-order valence-electron chi connectivity index (χ3n) is 3.94. The number of hydrogen-bond donors (Lipinski definition) is 3. The average Bonchev–Trinajstić information content (AvgIpc) is 3.02. The van der Waals surface area contributed by atoms with E-state index in [4.69, 9.17) is 11.6 Å². The van der Waals surface area contributed by atoms with Gasteiger partial charge in [-0.3, -0.25) is 5.10 Å². The Bertz CT molecular complexity index is 1080. The fourth-order valence-corrected chi connectivity index (χ4v) is 2.98. The van der Waals surface area contributed by atoms with Crippen molar-refractivity contribution in [2.75, 3.05) is 5.32 Å². The molecule has 0 unspecified atom stereocenters. The quantitative estimate of drug-likeness (QED) is 0.351. The Morgan fingerprint density at radius 2 is 1.76 bits per heavy atom. The van der Waals surface area contributed by atoms with E-state index < -0.39 is 0 Å². The van der Waals surface area contributed by atoms with Crippen molar-refractivity contribution in [1.29, 1.82) is 0 Å². The van der Waals surface area contributed by atoms with Gasteiger partial charge in [0.2, 0.25) is 0 Å². The van der Waals surface area contributed by atoms with Gasteiger partial charge in [-0.2, -0.15) is 5.10 Å². The highest BCUT2D eigenvalue weighted by atomic mass is 35.5. The summed E-state index contributed by atoms with van der Waals surface area (Å²) in [5, 5.41) is 12.8. The van der Waals surface area contributed by atoms with Crippen LogP contribution in [-0.4, -0.2) is 20.2 Å². The number of thiol groups is 1. The zero-order valence-electron chi connectivity index (χ0n) is 13.3. The van der Waals surface area contributed by atoms with Crippen LogP contribution in [0.1, 0.15) is 5.56 Å². The van der Waals surface area contributed by atoms with Crippen molar-refractivity contribution in [3.05, 3.63) is 59.1 Å². The summed E-state index contributed by atoms with van der Waals surface area (Å²) in [6, 6.07) is 15.4. The SMILES string of the molecule is Cc1c(S)nc(-c2ccccc2Cl)nc1Nc1n[nH]c2ccccc12. The number of rotatable bonds is 3. The minimum absolute atomic E-state index is 0.517. The van der Waals surface area contributed by atoms with Gasteiger partial charge in [0.15, 0.2) is 11.6 Å². The van der Waals surface area contributed by atoms with Crippen molar-refractivity contribution in [1.82, 2.24) is 20.2 Å². The molecule has 0 saturated heterocycles. The second kappa shape index (κ2) is 6.38. The molecule has 0 aliphatic heterocycles. The zero-order valence-corrected chi connectivity index (χ0v) is 14.9. The summed E-state index contributed by atoms with van der Waals surface area (Å²) in [5.41, 5.74) is 2.55. The first-order chi connectivity index (χ1) is 12.1. The van der Waals surface area contributed by atoms with Crippen molar-refractivity contribution < 1.29 is 0 Å². The average molecular weight is 368 g/mol. The molecule has 0 atom stereocenters. The van der Waals surface area contributed by atoms with Crippen LogP contribution in [0.3, 0.4) is 0 Å². The van der Waals surface area contributed by atoms with E-state index in [0.29, 0.717) is 27.5 Å². The molecule has 0 radical (unpaired) electrons. The van der Waals surface area contributed by atoms with Gasteiger partial charge in [-0.15, -0.1) is 12.6 Å². The van der Waals surface area contributed by atoms with Gasteiger partial charge in [0.25, 0.3) is 0 Å². The van der Waals surface area contributed by atoms with Crippen molar-refractivity contribution in [3.8, 4) is 11.4 Å². The molecular formula is C18H14ClN5S. The first kappa shape index (κ1) is 15.9. The highest BCUT2D eigenvalue weighted by molar-refractivity contribution is 7.80. The smallest absolute Gasteiger partial charge is 0.164 e. The van der Waals surface area contributed by atoms with Crippen LogP contribution in [0.15, 0.2) is 53.6 Å². The van der Waals surface area contributed by atoms with Crippen molar-refractivity contribution >= 4 is 46.8 Å². The van der Waals surface area contributed by atoms with E-state index in [-0.39, 0.29) is 0 Å². The Kier molecular flexibility index (Phi) is 4.07. The molecule has 2 aromatic carbocycles. The molecule has 0 bridgehead atoms. The molecule has 0 spiro atoms. The lowest BCUT2D eigenvalue weighted by Crippen LogP contribution is -2.02. The first-order valence-electron chi connectivity index (χ1n) is 7.66. The van der Waals surface area contributed by atoms with Crippen molar-refractivity contribution in [2.24, 2.45) is 0 Å². The minimum Gasteiger partial charge on any atom is -0.323 e. The van der Waals surface area contributed by atoms with Gasteiger partial charge >= 0.3 is 0 Å². The van der Waals surface area contributed by atoms with E-state index in [9.17, 15) is 0 Å². The van der Waals surface area contributed by atoms with Crippen LogP contribution in [0.5, 0.6) is 0 Å². The summed E-state index contributed by atoms with van der Waals surface area (Å²) in [4.78, 5) is 9.09. The van der Waals surface area contributed by atoms with Gasteiger partial charge in [0.1, 0.15) is 10.8 Å². The summed E-state index contributed by atoms with van der Waals surface area (Å²) < 4.78 is 0. The van der Waals surface area contributed by atoms with Crippen LogP contribution in [0.4, 0.5) is 11.6 Å². The maximum absolute atomic E-state index is 6.28. The van der Waals surface area contributed by atoms with E-state index in [2.05, 4.69) is 38.1 Å². The summed E-state index contributed by atoms with van der Waals surface area (Å²) in [5.74, 6) is 1.87. The lowest BCUT2D eigenvalue weighted by Gasteiger charge is -2.11. The summed E-state index contributed by atoms with van der Waals surface area (Å²) in [6.45, 7) is 1.91. The second-order valence-corrected chi connectivity index (χ2v) is 6.40. The monoisotopic (exact) mass is 367 g/mol. The fourth-order valence-electron chi connectivity index (χ4n) is 2.56. The normalized spacial score (nSPS) is 11.0. The zero-order chi connectivity index (χ0) is 17.4. The number of anilines is 2. The second-order valence-electron chi connectivity index (χ2n) is 5.57. The Balaban J connectivity index is 1.81. The van der Waals surface area contributed by atoms with Crippen LogP contribution in [-0.2, 0) is 0 Å². The Labute approximate surface area is 154 Å². The predicted molar refractivity (Wildman–Crippen MR) is 104 cm³/mol. The molecule has 0 aliphatic rings. The standard InChI is InChI=1S/C18H14ClN5S/c1-10-15(21-17-12-7-3-5-9-14(12)23-24-17)20-16(22-18(10)25)11-6-2-4-8-13(11)19/h2-9H,1H3,(H3,20,21,22,23,24,25). The van der Waals surface area contributed by atoms with Gasteiger partial charge in [0.05, 0.1) is 10.5 Å². The number of para-hydroxylation sites is 1. The molecule has 5 nitrogen and oxygen atoms in total. The molecule has 2 heterocycles. The van der Waals surface area contributed by atoms with Crippen LogP contribution in [0.25, 0.3) is 22.3 Å².